The van der Waals surface area contributed by atoms with Gasteiger partial charge in [-0.2, -0.15) is 0 Å². The predicted octanol–water partition coefficient (Wildman–Crippen LogP) is 2.06. The molecule has 1 heterocycles. The lowest BCUT2D eigenvalue weighted by molar-refractivity contribution is -0.137. The van der Waals surface area contributed by atoms with E-state index in [4.69, 9.17) is 5.11 Å². The first kappa shape index (κ1) is 13.7. The van der Waals surface area contributed by atoms with Gasteiger partial charge in [0.1, 0.15) is 5.92 Å². The lowest BCUT2D eigenvalue weighted by atomic mass is 10.1. The molecular weight excluding hydrogens is 228 g/mol. The van der Waals surface area contributed by atoms with E-state index in [-0.39, 0.29) is 0 Å². The highest BCUT2D eigenvalue weighted by molar-refractivity contribution is 5.91. The van der Waals surface area contributed by atoms with E-state index in [0.29, 0.717) is 6.54 Å². The molecule has 0 aromatic rings. The van der Waals surface area contributed by atoms with Crippen LogP contribution in [0.15, 0.2) is 66.0 Å². The third-order valence-electron chi connectivity index (χ3n) is 2.06. The molecule has 0 saturated heterocycles. The number of carbonyl (C=O) groups is 1. The van der Waals surface area contributed by atoms with Crippen LogP contribution in [0, 0.1) is 5.92 Å². The molecule has 1 atom stereocenters. The molecule has 0 aromatic heterocycles. The Bertz CT molecular complexity index is 429. The SMILES string of the molecule is O=C(O)[C@@H]1C=N/C=C\NC/C=C/C=C\C=C\C=C\1. The summed E-state index contributed by atoms with van der Waals surface area (Å²) in [6.45, 7) is 0.695. The molecule has 94 valence electrons. The molecule has 1 aliphatic rings. The van der Waals surface area contributed by atoms with Crippen LogP contribution in [-0.4, -0.2) is 23.8 Å². The van der Waals surface area contributed by atoms with Crippen molar-refractivity contribution in [2.75, 3.05) is 6.54 Å². The van der Waals surface area contributed by atoms with E-state index in [0.717, 1.165) is 0 Å². The number of aliphatic imine (C=N–C) groups is 1. The van der Waals surface area contributed by atoms with E-state index < -0.39 is 11.9 Å². The normalized spacial score (nSPS) is 29.0. The van der Waals surface area contributed by atoms with Gasteiger partial charge < -0.3 is 10.4 Å². The minimum absolute atomic E-state index is 0.695. The smallest absolute Gasteiger partial charge is 0.315 e. The van der Waals surface area contributed by atoms with Crippen molar-refractivity contribution in [3.05, 3.63) is 61.0 Å². The lowest BCUT2D eigenvalue weighted by Gasteiger charge is -1.97. The fourth-order valence-electron chi connectivity index (χ4n) is 1.16. The zero-order valence-corrected chi connectivity index (χ0v) is 9.94. The van der Waals surface area contributed by atoms with E-state index in [1.807, 2.05) is 30.4 Å². The Balaban J connectivity index is 2.77. The average Bonchev–Trinajstić information content (AvgIpc) is 2.36. The maximum atomic E-state index is 10.9. The number of nitrogens with zero attached hydrogens (tertiary/aromatic N) is 1. The molecule has 4 nitrogen and oxygen atoms in total. The number of nitrogens with one attached hydrogen (secondary N) is 1. The number of carboxylic acids is 1. The van der Waals surface area contributed by atoms with Gasteiger partial charge in [0.2, 0.25) is 0 Å². The summed E-state index contributed by atoms with van der Waals surface area (Å²) in [7, 11) is 0. The summed E-state index contributed by atoms with van der Waals surface area (Å²) >= 11 is 0. The van der Waals surface area contributed by atoms with Crippen molar-refractivity contribution in [1.29, 1.82) is 0 Å². The van der Waals surface area contributed by atoms with Gasteiger partial charge in [0.15, 0.2) is 0 Å². The zero-order valence-electron chi connectivity index (χ0n) is 9.94. The molecule has 0 aliphatic carbocycles. The number of hydrogen-bond acceptors (Lipinski definition) is 3. The van der Waals surface area contributed by atoms with E-state index in [2.05, 4.69) is 10.3 Å². The van der Waals surface area contributed by atoms with Gasteiger partial charge in [0.05, 0.1) is 0 Å². The topological polar surface area (TPSA) is 61.7 Å². The number of rotatable bonds is 1. The summed E-state index contributed by atoms with van der Waals surface area (Å²) in [5, 5.41) is 12.0. The Morgan fingerprint density at radius 2 is 1.89 bits per heavy atom. The first-order valence-electron chi connectivity index (χ1n) is 5.62. The lowest BCUT2D eigenvalue weighted by Crippen LogP contribution is -2.11. The summed E-state index contributed by atoms with van der Waals surface area (Å²) in [6, 6.07) is 0. The average molecular weight is 244 g/mol. The van der Waals surface area contributed by atoms with Gasteiger partial charge in [-0.15, -0.1) is 0 Å². The van der Waals surface area contributed by atoms with Crippen molar-refractivity contribution >= 4 is 12.2 Å². The number of aliphatic carboxylic acids is 1. The highest BCUT2D eigenvalue weighted by atomic mass is 16.4. The molecule has 0 saturated carbocycles. The molecule has 0 spiro atoms. The third kappa shape index (κ3) is 6.27. The van der Waals surface area contributed by atoms with Crippen molar-refractivity contribution in [2.45, 2.75) is 0 Å². The molecule has 0 fully saturated rings. The molecule has 2 N–H and O–H groups in total. The van der Waals surface area contributed by atoms with Crippen LogP contribution in [0.25, 0.3) is 0 Å². The van der Waals surface area contributed by atoms with Crippen LogP contribution in [0.3, 0.4) is 0 Å². The van der Waals surface area contributed by atoms with E-state index in [1.165, 1.54) is 12.4 Å². The van der Waals surface area contributed by atoms with Crippen LogP contribution in [0.1, 0.15) is 0 Å². The fraction of sp³-hybridized carbons (Fsp3) is 0.143. The molecule has 0 aromatic carbocycles. The summed E-state index contributed by atoms with van der Waals surface area (Å²) in [4.78, 5) is 14.8. The third-order valence-corrected chi connectivity index (χ3v) is 2.06. The van der Waals surface area contributed by atoms with E-state index >= 15 is 0 Å². The summed E-state index contributed by atoms with van der Waals surface area (Å²) in [5.41, 5.74) is 0. The highest BCUT2D eigenvalue weighted by Gasteiger charge is 2.09. The molecule has 0 amide bonds. The van der Waals surface area contributed by atoms with Crippen LogP contribution in [0.2, 0.25) is 0 Å². The van der Waals surface area contributed by atoms with Crippen molar-refractivity contribution in [2.24, 2.45) is 10.9 Å². The molecule has 4 heteroatoms. The zero-order chi connectivity index (χ0) is 13.1. The molecule has 0 radical (unpaired) electrons. The Morgan fingerprint density at radius 1 is 1.17 bits per heavy atom. The first-order chi connectivity index (χ1) is 8.80. The Kier molecular flexibility index (Phi) is 6.66. The first-order valence-corrected chi connectivity index (χ1v) is 5.62. The van der Waals surface area contributed by atoms with Crippen LogP contribution >= 0.6 is 0 Å². The Hall–Kier alpha value is -2.36. The summed E-state index contributed by atoms with van der Waals surface area (Å²) in [5.74, 6) is -1.64. The largest absolute Gasteiger partial charge is 0.481 e. The fourth-order valence-corrected chi connectivity index (χ4v) is 1.16. The van der Waals surface area contributed by atoms with E-state index in [9.17, 15) is 4.79 Å². The molecular formula is C14H16N2O2. The van der Waals surface area contributed by atoms with Crippen molar-refractivity contribution in [3.63, 3.8) is 0 Å². The van der Waals surface area contributed by atoms with Gasteiger partial charge in [0, 0.05) is 25.2 Å². The van der Waals surface area contributed by atoms with Gasteiger partial charge in [-0.25, -0.2) is 0 Å². The summed E-state index contributed by atoms with van der Waals surface area (Å²) in [6.07, 6.45) is 19.1. The monoisotopic (exact) mass is 244 g/mol. The van der Waals surface area contributed by atoms with Gasteiger partial charge >= 0.3 is 5.97 Å². The minimum Gasteiger partial charge on any atom is -0.481 e. The molecule has 1 rings (SSSR count). The van der Waals surface area contributed by atoms with Gasteiger partial charge in [-0.05, 0) is 0 Å². The maximum absolute atomic E-state index is 10.9. The minimum atomic E-state index is -0.925. The predicted molar refractivity (Wildman–Crippen MR) is 73.3 cm³/mol. The van der Waals surface area contributed by atoms with Crippen molar-refractivity contribution in [1.82, 2.24) is 5.32 Å². The van der Waals surface area contributed by atoms with E-state index in [1.54, 1.807) is 24.4 Å². The van der Waals surface area contributed by atoms with Gasteiger partial charge in [-0.3, -0.25) is 9.79 Å². The van der Waals surface area contributed by atoms with Crippen molar-refractivity contribution in [3.8, 4) is 0 Å². The maximum Gasteiger partial charge on any atom is 0.315 e. The van der Waals surface area contributed by atoms with Crippen LogP contribution < -0.4 is 5.32 Å². The number of carboxylic acid groups (broad SMARTS) is 1. The second-order valence-electron chi connectivity index (χ2n) is 3.47. The number of allylic oxidation sites excluding steroid dienone is 6. The standard InChI is InChI=1S/C14H16N2O2/c17-14(18)13-8-6-4-2-1-3-5-7-9-15-10-11-16-12-13/h1-8,10-13,15H,9H2,(H,17,18)/b3-1-,4-2+,7-5+,8-6+,11-10-,16-12?/t13-/m0/s1. The molecule has 0 unspecified atom stereocenters. The second kappa shape index (κ2) is 8.75. The van der Waals surface area contributed by atoms with Gasteiger partial charge in [0.25, 0.3) is 0 Å². The van der Waals surface area contributed by atoms with Crippen LogP contribution in [0.5, 0.6) is 0 Å². The molecule has 1 aliphatic heterocycles. The van der Waals surface area contributed by atoms with Crippen LogP contribution in [-0.2, 0) is 4.79 Å². The number of hydrogen-bond donors (Lipinski definition) is 2. The van der Waals surface area contributed by atoms with Crippen molar-refractivity contribution < 1.29 is 9.90 Å². The second-order valence-corrected chi connectivity index (χ2v) is 3.47. The Labute approximate surface area is 106 Å². The summed E-state index contributed by atoms with van der Waals surface area (Å²) < 4.78 is 0. The molecule has 0 bridgehead atoms. The molecule has 18 heavy (non-hydrogen) atoms. The Morgan fingerprint density at radius 3 is 2.67 bits per heavy atom. The highest BCUT2D eigenvalue weighted by Crippen LogP contribution is 1.97. The quantitative estimate of drug-likeness (QED) is 0.742. The van der Waals surface area contributed by atoms with Gasteiger partial charge in [-0.1, -0.05) is 48.6 Å². The van der Waals surface area contributed by atoms with Crippen LogP contribution in [0.4, 0.5) is 0 Å².